The van der Waals surface area contributed by atoms with Crippen LogP contribution in [0.1, 0.15) is 51.5 Å². The zero-order valence-corrected chi connectivity index (χ0v) is 16.1. The summed E-state index contributed by atoms with van der Waals surface area (Å²) in [5, 5.41) is 6.96. The molecule has 0 spiro atoms. The highest BCUT2D eigenvalue weighted by Crippen LogP contribution is 2.20. The predicted molar refractivity (Wildman–Crippen MR) is 104 cm³/mol. The molecule has 1 atom stereocenters. The molecular formula is C22H24N2O3. The Morgan fingerprint density at radius 2 is 1.81 bits per heavy atom. The summed E-state index contributed by atoms with van der Waals surface area (Å²) in [7, 11) is 0. The molecule has 0 aliphatic rings. The number of carbonyl (C=O) groups is 1. The van der Waals surface area contributed by atoms with Crippen LogP contribution >= 0.6 is 0 Å². The Hall–Kier alpha value is -3.08. The van der Waals surface area contributed by atoms with Crippen molar-refractivity contribution < 1.29 is 14.1 Å². The van der Waals surface area contributed by atoms with Crippen LogP contribution in [0.5, 0.6) is 5.75 Å². The first-order chi connectivity index (χ1) is 13.0. The lowest BCUT2D eigenvalue weighted by Gasteiger charge is -2.16. The van der Waals surface area contributed by atoms with Gasteiger partial charge in [0.25, 0.3) is 5.91 Å². The van der Waals surface area contributed by atoms with Crippen molar-refractivity contribution in [1.82, 2.24) is 10.5 Å². The van der Waals surface area contributed by atoms with Crippen molar-refractivity contribution in [3.05, 3.63) is 82.2 Å². The minimum Gasteiger partial charge on any atom is -0.489 e. The second-order valence-electron chi connectivity index (χ2n) is 6.67. The minimum atomic E-state index is -0.108. The van der Waals surface area contributed by atoms with Gasteiger partial charge in [0, 0.05) is 5.56 Å². The molecule has 0 saturated heterocycles. The largest absolute Gasteiger partial charge is 0.489 e. The second kappa shape index (κ2) is 8.08. The van der Waals surface area contributed by atoms with Crippen molar-refractivity contribution in [3.63, 3.8) is 0 Å². The van der Waals surface area contributed by atoms with Gasteiger partial charge in [0.1, 0.15) is 18.1 Å². The van der Waals surface area contributed by atoms with E-state index in [4.69, 9.17) is 9.26 Å². The fraction of sp³-hybridized carbons (Fsp3) is 0.273. The van der Waals surface area contributed by atoms with E-state index in [0.29, 0.717) is 17.9 Å². The smallest absolute Gasteiger partial charge is 0.251 e. The van der Waals surface area contributed by atoms with Crippen LogP contribution in [0.4, 0.5) is 0 Å². The monoisotopic (exact) mass is 364 g/mol. The zero-order chi connectivity index (χ0) is 19.4. The van der Waals surface area contributed by atoms with Gasteiger partial charge < -0.3 is 14.6 Å². The van der Waals surface area contributed by atoms with Crippen LogP contribution < -0.4 is 10.1 Å². The van der Waals surface area contributed by atoms with Crippen LogP contribution in [0.3, 0.4) is 0 Å². The van der Waals surface area contributed by atoms with E-state index in [9.17, 15) is 4.79 Å². The molecule has 5 heteroatoms. The predicted octanol–water partition coefficient (Wildman–Crippen LogP) is 4.67. The van der Waals surface area contributed by atoms with Crippen LogP contribution in [0.2, 0.25) is 0 Å². The molecule has 0 saturated carbocycles. The summed E-state index contributed by atoms with van der Waals surface area (Å²) in [6.07, 6.45) is 0. The Kier molecular flexibility index (Phi) is 5.60. The zero-order valence-electron chi connectivity index (χ0n) is 16.1. The van der Waals surface area contributed by atoms with Gasteiger partial charge in [0.15, 0.2) is 0 Å². The average Bonchev–Trinajstić information content (AvgIpc) is 2.98. The normalized spacial score (nSPS) is 11.9. The summed E-state index contributed by atoms with van der Waals surface area (Å²) >= 11 is 0. The first-order valence-corrected chi connectivity index (χ1v) is 8.96. The molecule has 0 aliphatic carbocycles. The molecule has 1 aromatic heterocycles. The molecule has 0 bridgehead atoms. The number of amides is 1. The van der Waals surface area contributed by atoms with E-state index in [-0.39, 0.29) is 11.9 Å². The number of benzene rings is 2. The van der Waals surface area contributed by atoms with Gasteiger partial charge in [-0.2, -0.15) is 0 Å². The first-order valence-electron chi connectivity index (χ1n) is 8.96. The van der Waals surface area contributed by atoms with Crippen molar-refractivity contribution in [1.29, 1.82) is 0 Å². The summed E-state index contributed by atoms with van der Waals surface area (Å²) in [4.78, 5) is 12.5. The molecule has 0 aliphatic heterocycles. The number of hydrogen-bond donors (Lipinski definition) is 1. The van der Waals surface area contributed by atoms with E-state index in [1.807, 2.05) is 52.0 Å². The van der Waals surface area contributed by atoms with E-state index in [0.717, 1.165) is 28.1 Å². The highest BCUT2D eigenvalue weighted by atomic mass is 16.5. The fourth-order valence-electron chi connectivity index (χ4n) is 3.00. The first kappa shape index (κ1) is 18.7. The lowest BCUT2D eigenvalue weighted by molar-refractivity contribution is 0.0940. The number of hydrogen-bond acceptors (Lipinski definition) is 4. The molecule has 2 aromatic carbocycles. The summed E-state index contributed by atoms with van der Waals surface area (Å²) in [5.41, 5.74) is 4.65. The summed E-state index contributed by atoms with van der Waals surface area (Å²) in [6.45, 7) is 8.17. The van der Waals surface area contributed by atoms with Crippen LogP contribution in [-0.4, -0.2) is 11.1 Å². The lowest BCUT2D eigenvalue weighted by Crippen LogP contribution is -2.27. The molecule has 1 unspecified atom stereocenters. The number of rotatable bonds is 6. The van der Waals surface area contributed by atoms with E-state index < -0.39 is 0 Å². The topological polar surface area (TPSA) is 64.4 Å². The highest BCUT2D eigenvalue weighted by Gasteiger charge is 2.13. The lowest BCUT2D eigenvalue weighted by atomic mass is 10.0. The van der Waals surface area contributed by atoms with E-state index >= 15 is 0 Å². The number of carbonyl (C=O) groups excluding carboxylic acids is 1. The molecule has 5 nitrogen and oxygen atoms in total. The number of aryl methyl sites for hydroxylation is 3. The van der Waals surface area contributed by atoms with Gasteiger partial charge >= 0.3 is 0 Å². The maximum Gasteiger partial charge on any atom is 0.251 e. The summed E-state index contributed by atoms with van der Waals surface area (Å²) in [6, 6.07) is 15.1. The van der Waals surface area contributed by atoms with Crippen molar-refractivity contribution in [3.8, 4) is 5.75 Å². The van der Waals surface area contributed by atoms with Gasteiger partial charge in [-0.25, -0.2) is 0 Å². The summed E-state index contributed by atoms with van der Waals surface area (Å²) < 4.78 is 10.9. The minimum absolute atomic E-state index is 0.0610. The third kappa shape index (κ3) is 4.37. The van der Waals surface area contributed by atoms with Gasteiger partial charge in [0.05, 0.1) is 17.3 Å². The van der Waals surface area contributed by atoms with Gasteiger partial charge in [-0.3, -0.25) is 4.79 Å². The van der Waals surface area contributed by atoms with Crippen LogP contribution in [0.25, 0.3) is 0 Å². The second-order valence-corrected chi connectivity index (χ2v) is 6.67. The van der Waals surface area contributed by atoms with Crippen molar-refractivity contribution in [2.24, 2.45) is 0 Å². The number of aromatic nitrogens is 1. The quantitative estimate of drug-likeness (QED) is 0.690. The highest BCUT2D eigenvalue weighted by molar-refractivity contribution is 5.94. The molecule has 1 amide bonds. The Morgan fingerprint density at radius 1 is 1.11 bits per heavy atom. The average molecular weight is 364 g/mol. The Balaban J connectivity index is 1.61. The molecule has 0 fully saturated rings. The van der Waals surface area contributed by atoms with Crippen LogP contribution in [0, 0.1) is 20.8 Å². The maximum absolute atomic E-state index is 12.5. The van der Waals surface area contributed by atoms with Crippen molar-refractivity contribution in [2.75, 3.05) is 0 Å². The molecule has 140 valence electrons. The molecule has 1 N–H and O–H groups in total. The molecule has 27 heavy (non-hydrogen) atoms. The third-order valence-corrected chi connectivity index (χ3v) is 4.68. The molecule has 0 radical (unpaired) electrons. The SMILES string of the molecule is Cc1ccccc1C(C)NC(=O)c1ccc(OCc2c(C)noc2C)cc1. The van der Waals surface area contributed by atoms with E-state index in [2.05, 4.69) is 10.5 Å². The van der Waals surface area contributed by atoms with Crippen LogP contribution in [-0.2, 0) is 6.61 Å². The van der Waals surface area contributed by atoms with Gasteiger partial charge in [-0.05, 0) is 63.1 Å². The third-order valence-electron chi connectivity index (χ3n) is 4.68. The van der Waals surface area contributed by atoms with Gasteiger partial charge in [0.2, 0.25) is 0 Å². The van der Waals surface area contributed by atoms with Gasteiger partial charge in [-0.1, -0.05) is 29.4 Å². The van der Waals surface area contributed by atoms with Crippen molar-refractivity contribution in [2.45, 2.75) is 40.3 Å². The molecular weight excluding hydrogens is 340 g/mol. The number of nitrogens with zero attached hydrogens (tertiary/aromatic N) is 1. The van der Waals surface area contributed by atoms with Crippen molar-refractivity contribution >= 4 is 5.91 Å². The van der Waals surface area contributed by atoms with E-state index in [1.165, 1.54) is 0 Å². The van der Waals surface area contributed by atoms with Gasteiger partial charge in [-0.15, -0.1) is 0 Å². The standard InChI is InChI=1S/C22H24N2O3/c1-14-7-5-6-8-20(14)15(2)23-22(25)18-9-11-19(12-10-18)26-13-21-16(3)24-27-17(21)4/h5-12,15H,13H2,1-4H3,(H,23,25). The number of ether oxygens (including phenoxy) is 1. The van der Waals surface area contributed by atoms with Crippen LogP contribution in [0.15, 0.2) is 53.1 Å². The molecule has 3 aromatic rings. The number of nitrogens with one attached hydrogen (secondary N) is 1. The Bertz CT molecular complexity index is 909. The van der Waals surface area contributed by atoms with E-state index in [1.54, 1.807) is 24.3 Å². The Morgan fingerprint density at radius 3 is 2.44 bits per heavy atom. The molecule has 3 rings (SSSR count). The fourth-order valence-corrected chi connectivity index (χ4v) is 3.00. The molecule has 1 heterocycles. The Labute approximate surface area is 159 Å². The maximum atomic E-state index is 12.5. The summed E-state index contributed by atoms with van der Waals surface area (Å²) in [5.74, 6) is 1.34.